The molecular weight excluding hydrogens is 363 g/mol. The molecule has 20 heavy (non-hydrogen) atoms. The Morgan fingerprint density at radius 3 is 2.40 bits per heavy atom. The lowest BCUT2D eigenvalue weighted by Crippen LogP contribution is -2.57. The van der Waals surface area contributed by atoms with Gasteiger partial charge in [0.15, 0.2) is 0 Å². The van der Waals surface area contributed by atoms with Crippen LogP contribution in [0, 0.1) is 20.3 Å². The molecule has 4 heteroatoms. The Bertz CT molecular complexity index is 620. The van der Waals surface area contributed by atoms with E-state index in [1.807, 2.05) is 0 Å². The van der Waals surface area contributed by atoms with Gasteiger partial charge in [0.1, 0.15) is 5.82 Å². The van der Waals surface area contributed by atoms with E-state index in [1.165, 1.54) is 38.5 Å². The second-order valence-corrected chi connectivity index (χ2v) is 9.48. The van der Waals surface area contributed by atoms with Gasteiger partial charge in [-0.05, 0) is 77.9 Å². The van der Waals surface area contributed by atoms with Gasteiger partial charge in [0, 0.05) is 11.6 Å². The average Bonchev–Trinajstić information content (AvgIpc) is 2.27. The number of nitrogens with one attached hydrogen (secondary N) is 1. The molecule has 0 radical (unpaired) electrons. The van der Waals surface area contributed by atoms with E-state index < -0.39 is 0 Å². The number of rotatable bonds is 1. The summed E-state index contributed by atoms with van der Waals surface area (Å²) in [5, 5.41) is 0. The van der Waals surface area contributed by atoms with E-state index in [0.717, 1.165) is 11.7 Å². The fourth-order valence-electron chi connectivity index (χ4n) is 6.36. The molecule has 3 nitrogen and oxygen atoms in total. The van der Waals surface area contributed by atoms with Gasteiger partial charge in [-0.3, -0.25) is 4.79 Å². The van der Waals surface area contributed by atoms with Gasteiger partial charge in [0.25, 0.3) is 5.56 Å². The lowest BCUT2D eigenvalue weighted by molar-refractivity contribution is -0.112. The molecule has 4 aliphatic carbocycles. The van der Waals surface area contributed by atoms with E-state index in [4.69, 9.17) is 0 Å². The Morgan fingerprint density at radius 2 is 1.85 bits per heavy atom. The van der Waals surface area contributed by atoms with Crippen LogP contribution >= 0.6 is 22.6 Å². The summed E-state index contributed by atoms with van der Waals surface area (Å²) in [6.45, 7) is 4.91. The summed E-state index contributed by atoms with van der Waals surface area (Å²) < 4.78 is 0.688. The van der Waals surface area contributed by atoms with E-state index >= 15 is 0 Å². The molecule has 4 bridgehead atoms. The lowest BCUT2D eigenvalue weighted by Gasteiger charge is -2.64. The molecule has 108 valence electrons. The largest absolute Gasteiger partial charge is 0.309 e. The number of H-pyrrole nitrogens is 1. The van der Waals surface area contributed by atoms with Crippen LogP contribution in [0.3, 0.4) is 0 Å². The van der Waals surface area contributed by atoms with Gasteiger partial charge in [0.05, 0.1) is 3.57 Å². The zero-order chi connectivity index (χ0) is 14.2. The maximum absolute atomic E-state index is 12.0. The molecule has 2 unspecified atom stereocenters. The van der Waals surface area contributed by atoms with Crippen LogP contribution < -0.4 is 5.56 Å². The molecule has 1 aromatic heterocycles. The second kappa shape index (κ2) is 3.87. The molecule has 0 aliphatic heterocycles. The van der Waals surface area contributed by atoms with Gasteiger partial charge in [-0.25, -0.2) is 4.98 Å². The number of hydrogen-bond acceptors (Lipinski definition) is 2. The Labute approximate surface area is 133 Å². The molecular formula is C16H21IN2O. The molecule has 0 saturated heterocycles. The third kappa shape index (κ3) is 1.82. The zero-order valence-corrected chi connectivity index (χ0v) is 14.3. The van der Waals surface area contributed by atoms with Crippen molar-refractivity contribution in [1.82, 2.24) is 9.97 Å². The van der Waals surface area contributed by atoms with Crippen molar-refractivity contribution in [3.63, 3.8) is 0 Å². The summed E-state index contributed by atoms with van der Waals surface area (Å²) in [6, 6.07) is 0. The Morgan fingerprint density at radius 1 is 1.20 bits per heavy atom. The van der Waals surface area contributed by atoms with Crippen molar-refractivity contribution in [1.29, 1.82) is 0 Å². The van der Waals surface area contributed by atoms with Crippen LogP contribution in [-0.2, 0) is 5.41 Å². The van der Waals surface area contributed by atoms with Crippen LogP contribution in [0.25, 0.3) is 0 Å². The average molecular weight is 384 g/mol. The first-order chi connectivity index (χ1) is 9.32. The highest BCUT2D eigenvalue weighted by Gasteiger charge is 2.61. The molecule has 1 N–H and O–H groups in total. The van der Waals surface area contributed by atoms with Crippen LogP contribution in [0.5, 0.6) is 0 Å². The van der Waals surface area contributed by atoms with E-state index in [1.54, 1.807) is 6.20 Å². The SMILES string of the molecule is CC12CC3CC(C)(C1)CC(c1ncc(I)c(=O)[nH]1)(C3)C2. The van der Waals surface area contributed by atoms with Crippen molar-refractivity contribution in [3.05, 3.63) is 25.9 Å². The molecule has 0 aromatic carbocycles. The predicted molar refractivity (Wildman–Crippen MR) is 86.7 cm³/mol. The molecule has 1 heterocycles. The van der Waals surface area contributed by atoms with Crippen molar-refractivity contribution in [2.75, 3.05) is 0 Å². The van der Waals surface area contributed by atoms with Crippen LogP contribution in [-0.4, -0.2) is 9.97 Å². The highest BCUT2D eigenvalue weighted by molar-refractivity contribution is 14.1. The van der Waals surface area contributed by atoms with Crippen LogP contribution in [0.2, 0.25) is 0 Å². The topological polar surface area (TPSA) is 45.8 Å². The molecule has 5 rings (SSSR count). The van der Waals surface area contributed by atoms with Crippen molar-refractivity contribution < 1.29 is 0 Å². The Balaban J connectivity index is 1.84. The van der Waals surface area contributed by atoms with Gasteiger partial charge in [0.2, 0.25) is 0 Å². The van der Waals surface area contributed by atoms with Crippen LogP contribution in [0.4, 0.5) is 0 Å². The minimum Gasteiger partial charge on any atom is -0.309 e. The monoisotopic (exact) mass is 384 g/mol. The first kappa shape index (κ1) is 13.3. The van der Waals surface area contributed by atoms with Crippen molar-refractivity contribution >= 4 is 22.6 Å². The van der Waals surface area contributed by atoms with Gasteiger partial charge >= 0.3 is 0 Å². The maximum Gasteiger partial charge on any atom is 0.264 e. The minimum atomic E-state index is 0.0293. The summed E-state index contributed by atoms with van der Waals surface area (Å²) >= 11 is 2.06. The number of hydrogen-bond donors (Lipinski definition) is 1. The summed E-state index contributed by atoms with van der Waals surface area (Å²) in [7, 11) is 0. The van der Waals surface area contributed by atoms with Gasteiger partial charge < -0.3 is 4.98 Å². The first-order valence-corrected chi connectivity index (χ1v) is 8.65. The summed E-state index contributed by atoms with van der Waals surface area (Å²) in [5.74, 6) is 1.79. The molecule has 0 amide bonds. The molecule has 4 fully saturated rings. The van der Waals surface area contributed by atoms with Crippen LogP contribution in [0.1, 0.15) is 58.2 Å². The normalized spacial score (nSPS) is 45.9. The van der Waals surface area contributed by atoms with Crippen LogP contribution in [0.15, 0.2) is 11.0 Å². The summed E-state index contributed by atoms with van der Waals surface area (Å²) in [6.07, 6.45) is 9.48. The van der Waals surface area contributed by atoms with Crippen molar-refractivity contribution in [2.45, 2.75) is 57.8 Å². The molecule has 0 spiro atoms. The van der Waals surface area contributed by atoms with E-state index in [9.17, 15) is 4.79 Å². The fraction of sp³-hybridized carbons (Fsp3) is 0.750. The number of aromatic nitrogens is 2. The highest BCUT2D eigenvalue weighted by Crippen LogP contribution is 2.69. The maximum atomic E-state index is 12.0. The van der Waals surface area contributed by atoms with Gasteiger partial charge in [-0.15, -0.1) is 0 Å². The Hall–Kier alpha value is -0.390. The quantitative estimate of drug-likeness (QED) is 0.752. The summed E-state index contributed by atoms with van der Waals surface area (Å²) in [5.41, 5.74) is 1.07. The lowest BCUT2D eigenvalue weighted by atomic mass is 9.40. The molecule has 1 aromatic rings. The van der Waals surface area contributed by atoms with Gasteiger partial charge in [-0.2, -0.15) is 0 Å². The predicted octanol–water partition coefficient (Wildman–Crippen LogP) is 3.62. The Kier molecular flexibility index (Phi) is 2.57. The number of nitrogens with zero attached hydrogens (tertiary/aromatic N) is 1. The van der Waals surface area contributed by atoms with E-state index in [-0.39, 0.29) is 11.0 Å². The van der Waals surface area contributed by atoms with E-state index in [2.05, 4.69) is 46.4 Å². The highest BCUT2D eigenvalue weighted by atomic mass is 127. The third-order valence-corrected chi connectivity index (χ3v) is 6.65. The van der Waals surface area contributed by atoms with Crippen molar-refractivity contribution in [2.24, 2.45) is 16.7 Å². The standard InChI is InChI=1S/C16H21IN2O/c1-14-3-10-4-15(2,7-14)9-16(5-10,8-14)13-18-6-11(17)12(20)19-13/h6,10H,3-5,7-9H2,1-2H3,(H,18,19,20). The molecule has 4 saturated carbocycles. The smallest absolute Gasteiger partial charge is 0.264 e. The molecule has 4 aliphatic rings. The number of halogens is 1. The van der Waals surface area contributed by atoms with Gasteiger partial charge in [-0.1, -0.05) is 13.8 Å². The summed E-state index contributed by atoms with van der Waals surface area (Å²) in [4.78, 5) is 19.7. The zero-order valence-electron chi connectivity index (χ0n) is 12.1. The minimum absolute atomic E-state index is 0.0293. The molecule has 2 atom stereocenters. The van der Waals surface area contributed by atoms with Crippen molar-refractivity contribution in [3.8, 4) is 0 Å². The number of aromatic amines is 1. The van der Waals surface area contributed by atoms with E-state index in [0.29, 0.717) is 14.4 Å². The second-order valence-electron chi connectivity index (χ2n) is 8.32. The fourth-order valence-corrected chi connectivity index (χ4v) is 6.63. The first-order valence-electron chi connectivity index (χ1n) is 7.57. The third-order valence-electron chi connectivity index (χ3n) is 5.88.